The minimum absolute atomic E-state index is 0.142. The van der Waals surface area contributed by atoms with E-state index < -0.39 is 0 Å². The van der Waals surface area contributed by atoms with Gasteiger partial charge in [-0.2, -0.15) is 0 Å². The minimum atomic E-state index is 0.142. The minimum Gasteiger partial charge on any atom is -0.487 e. The SMILES string of the molecule is CN1CCN(CC(=O)N2CC(Oc3ccccc3)C2)CC1. The summed E-state index contributed by atoms with van der Waals surface area (Å²) in [7, 11) is 2.13. The summed E-state index contributed by atoms with van der Waals surface area (Å²) >= 11 is 0. The average molecular weight is 289 g/mol. The normalized spacial score (nSPS) is 21.1. The molecular formula is C16H23N3O2. The first-order valence-corrected chi connectivity index (χ1v) is 7.61. The molecule has 0 atom stereocenters. The van der Waals surface area contributed by atoms with Crippen molar-refractivity contribution in [2.75, 3.05) is 52.9 Å². The van der Waals surface area contributed by atoms with Crippen LogP contribution in [0.15, 0.2) is 30.3 Å². The molecule has 2 aliphatic rings. The summed E-state index contributed by atoms with van der Waals surface area (Å²) in [6.07, 6.45) is 0.142. The number of benzene rings is 1. The smallest absolute Gasteiger partial charge is 0.237 e. The van der Waals surface area contributed by atoms with Gasteiger partial charge in [-0.3, -0.25) is 9.69 Å². The standard InChI is InChI=1S/C16H23N3O2/c1-17-7-9-18(10-8-17)13-16(20)19-11-15(12-19)21-14-5-3-2-4-6-14/h2-6,15H,7-13H2,1H3. The molecule has 1 aromatic rings. The van der Waals surface area contributed by atoms with E-state index in [0.29, 0.717) is 19.6 Å². The van der Waals surface area contributed by atoms with Crippen LogP contribution in [-0.4, -0.2) is 79.6 Å². The third kappa shape index (κ3) is 3.74. The van der Waals surface area contributed by atoms with Gasteiger partial charge in [-0.1, -0.05) is 18.2 Å². The van der Waals surface area contributed by atoms with Crippen LogP contribution < -0.4 is 4.74 Å². The third-order valence-corrected chi connectivity index (χ3v) is 4.20. The Hall–Kier alpha value is -1.59. The summed E-state index contributed by atoms with van der Waals surface area (Å²) in [6, 6.07) is 9.80. The zero-order valence-corrected chi connectivity index (χ0v) is 12.6. The molecule has 0 bridgehead atoms. The molecule has 5 nitrogen and oxygen atoms in total. The molecule has 0 radical (unpaired) electrons. The van der Waals surface area contributed by atoms with E-state index in [1.54, 1.807) is 0 Å². The summed E-state index contributed by atoms with van der Waals surface area (Å²) in [5.41, 5.74) is 0. The molecule has 2 fully saturated rings. The van der Waals surface area contributed by atoms with E-state index in [4.69, 9.17) is 4.74 Å². The number of hydrogen-bond acceptors (Lipinski definition) is 4. The number of ether oxygens (including phenoxy) is 1. The fraction of sp³-hybridized carbons (Fsp3) is 0.562. The Bertz CT molecular complexity index is 466. The second-order valence-corrected chi connectivity index (χ2v) is 5.93. The van der Waals surface area contributed by atoms with Crippen molar-refractivity contribution in [1.29, 1.82) is 0 Å². The van der Waals surface area contributed by atoms with E-state index in [0.717, 1.165) is 31.9 Å². The largest absolute Gasteiger partial charge is 0.487 e. The molecule has 0 spiro atoms. The maximum Gasteiger partial charge on any atom is 0.237 e. The number of likely N-dealkylation sites (tertiary alicyclic amines) is 1. The first-order chi connectivity index (χ1) is 10.2. The molecular weight excluding hydrogens is 266 g/mol. The first-order valence-electron chi connectivity index (χ1n) is 7.61. The van der Waals surface area contributed by atoms with E-state index in [-0.39, 0.29) is 12.0 Å². The molecule has 1 aromatic carbocycles. The van der Waals surface area contributed by atoms with Crippen molar-refractivity contribution in [1.82, 2.24) is 14.7 Å². The highest BCUT2D eigenvalue weighted by atomic mass is 16.5. The van der Waals surface area contributed by atoms with Gasteiger partial charge in [0.05, 0.1) is 19.6 Å². The van der Waals surface area contributed by atoms with Crippen molar-refractivity contribution in [2.24, 2.45) is 0 Å². The molecule has 2 heterocycles. The van der Waals surface area contributed by atoms with Gasteiger partial charge in [0.2, 0.25) is 5.91 Å². The number of para-hydroxylation sites is 1. The molecule has 0 aliphatic carbocycles. The second kappa shape index (κ2) is 6.45. The van der Waals surface area contributed by atoms with Crippen molar-refractivity contribution < 1.29 is 9.53 Å². The summed E-state index contributed by atoms with van der Waals surface area (Å²) in [6.45, 7) is 6.04. The highest BCUT2D eigenvalue weighted by molar-refractivity contribution is 5.79. The van der Waals surface area contributed by atoms with Crippen LogP contribution in [0.3, 0.4) is 0 Å². The van der Waals surface area contributed by atoms with Gasteiger partial charge in [-0.05, 0) is 19.2 Å². The van der Waals surface area contributed by atoms with Crippen molar-refractivity contribution >= 4 is 5.91 Å². The lowest BCUT2D eigenvalue weighted by Crippen LogP contribution is -2.59. The number of carbonyl (C=O) groups excluding carboxylic acids is 1. The predicted octanol–water partition coefficient (Wildman–Crippen LogP) is 0.524. The van der Waals surface area contributed by atoms with Gasteiger partial charge in [-0.15, -0.1) is 0 Å². The molecule has 1 amide bonds. The Morgan fingerprint density at radius 2 is 1.81 bits per heavy atom. The molecule has 3 rings (SSSR count). The lowest BCUT2D eigenvalue weighted by atomic mass is 10.1. The van der Waals surface area contributed by atoms with E-state index in [1.165, 1.54) is 0 Å². The number of piperazine rings is 1. The molecule has 2 saturated heterocycles. The van der Waals surface area contributed by atoms with Gasteiger partial charge < -0.3 is 14.5 Å². The van der Waals surface area contributed by atoms with Crippen LogP contribution in [0.5, 0.6) is 5.75 Å². The lowest BCUT2D eigenvalue weighted by Gasteiger charge is -2.40. The van der Waals surface area contributed by atoms with Gasteiger partial charge in [0.15, 0.2) is 0 Å². The molecule has 0 saturated carbocycles. The summed E-state index contributed by atoms with van der Waals surface area (Å²) in [5.74, 6) is 1.11. The summed E-state index contributed by atoms with van der Waals surface area (Å²) in [4.78, 5) is 18.6. The van der Waals surface area contributed by atoms with Gasteiger partial charge in [0.1, 0.15) is 11.9 Å². The molecule has 0 N–H and O–H groups in total. The number of amides is 1. The fourth-order valence-electron chi connectivity index (χ4n) is 2.71. The monoisotopic (exact) mass is 289 g/mol. The average Bonchev–Trinajstić information content (AvgIpc) is 2.46. The lowest BCUT2D eigenvalue weighted by molar-refractivity contribution is -0.141. The fourth-order valence-corrected chi connectivity index (χ4v) is 2.71. The van der Waals surface area contributed by atoms with Crippen LogP contribution in [0.4, 0.5) is 0 Å². The van der Waals surface area contributed by atoms with Crippen molar-refractivity contribution in [3.05, 3.63) is 30.3 Å². The van der Waals surface area contributed by atoms with E-state index in [1.807, 2.05) is 35.2 Å². The summed E-state index contributed by atoms with van der Waals surface area (Å²) < 4.78 is 5.82. The van der Waals surface area contributed by atoms with Crippen LogP contribution in [0, 0.1) is 0 Å². The maximum absolute atomic E-state index is 12.2. The van der Waals surface area contributed by atoms with E-state index in [2.05, 4.69) is 16.8 Å². The number of hydrogen-bond donors (Lipinski definition) is 0. The zero-order valence-electron chi connectivity index (χ0n) is 12.6. The Kier molecular flexibility index (Phi) is 4.41. The quantitative estimate of drug-likeness (QED) is 0.810. The molecule has 114 valence electrons. The van der Waals surface area contributed by atoms with Crippen LogP contribution in [-0.2, 0) is 4.79 Å². The maximum atomic E-state index is 12.2. The molecule has 0 aromatic heterocycles. The Morgan fingerprint density at radius 3 is 2.48 bits per heavy atom. The van der Waals surface area contributed by atoms with Crippen LogP contribution >= 0.6 is 0 Å². The highest BCUT2D eigenvalue weighted by Gasteiger charge is 2.33. The molecule has 5 heteroatoms. The third-order valence-electron chi connectivity index (χ3n) is 4.20. The van der Waals surface area contributed by atoms with E-state index in [9.17, 15) is 4.79 Å². The van der Waals surface area contributed by atoms with Crippen LogP contribution in [0.25, 0.3) is 0 Å². The highest BCUT2D eigenvalue weighted by Crippen LogP contribution is 2.17. The van der Waals surface area contributed by atoms with Gasteiger partial charge >= 0.3 is 0 Å². The van der Waals surface area contributed by atoms with Crippen LogP contribution in [0.1, 0.15) is 0 Å². The number of carbonyl (C=O) groups is 1. The van der Waals surface area contributed by atoms with Crippen molar-refractivity contribution in [3.8, 4) is 5.75 Å². The van der Waals surface area contributed by atoms with Crippen LogP contribution in [0.2, 0.25) is 0 Å². The van der Waals surface area contributed by atoms with Gasteiger partial charge in [0.25, 0.3) is 0 Å². The van der Waals surface area contributed by atoms with E-state index >= 15 is 0 Å². The molecule has 0 unspecified atom stereocenters. The topological polar surface area (TPSA) is 36.0 Å². The Labute approximate surface area is 126 Å². The second-order valence-electron chi connectivity index (χ2n) is 5.93. The number of rotatable bonds is 4. The van der Waals surface area contributed by atoms with Gasteiger partial charge in [0, 0.05) is 26.2 Å². The number of nitrogens with zero attached hydrogens (tertiary/aromatic N) is 3. The Balaban J connectivity index is 1.38. The predicted molar refractivity (Wildman–Crippen MR) is 81.4 cm³/mol. The van der Waals surface area contributed by atoms with Gasteiger partial charge in [-0.25, -0.2) is 0 Å². The summed E-state index contributed by atoms with van der Waals surface area (Å²) in [5, 5.41) is 0. The first kappa shape index (κ1) is 14.4. The zero-order chi connectivity index (χ0) is 14.7. The molecule has 21 heavy (non-hydrogen) atoms. The van der Waals surface area contributed by atoms with Crippen molar-refractivity contribution in [2.45, 2.75) is 6.10 Å². The molecule has 2 aliphatic heterocycles. The Morgan fingerprint density at radius 1 is 1.14 bits per heavy atom. The number of likely N-dealkylation sites (N-methyl/N-ethyl adjacent to an activating group) is 1. The van der Waals surface area contributed by atoms with Crippen molar-refractivity contribution in [3.63, 3.8) is 0 Å².